The predicted octanol–water partition coefficient (Wildman–Crippen LogP) is 1.52. The Hall–Kier alpha value is -1.52. The molecule has 78 valence electrons. The van der Waals surface area contributed by atoms with Gasteiger partial charge in [-0.15, -0.1) is 0 Å². The van der Waals surface area contributed by atoms with E-state index in [2.05, 4.69) is 5.16 Å². The van der Waals surface area contributed by atoms with E-state index in [0.29, 0.717) is 5.76 Å². The summed E-state index contributed by atoms with van der Waals surface area (Å²) < 4.78 is 9.83. The lowest BCUT2D eigenvalue weighted by Crippen LogP contribution is -2.24. The molecule has 1 rings (SSSR count). The van der Waals surface area contributed by atoms with Crippen molar-refractivity contribution in [1.82, 2.24) is 5.16 Å². The van der Waals surface area contributed by atoms with Gasteiger partial charge in [0.25, 0.3) is 0 Å². The van der Waals surface area contributed by atoms with Crippen molar-refractivity contribution in [3.8, 4) is 0 Å². The molecular weight excluding hydrogens is 184 g/mol. The van der Waals surface area contributed by atoms with Crippen molar-refractivity contribution in [2.75, 3.05) is 5.73 Å². The predicted molar refractivity (Wildman–Crippen MR) is 50.8 cm³/mol. The Morgan fingerprint density at radius 2 is 2.07 bits per heavy atom. The average Bonchev–Trinajstić information content (AvgIpc) is 2.29. The summed E-state index contributed by atoms with van der Waals surface area (Å²) in [6.45, 7) is 6.95. The molecule has 1 aromatic heterocycles. The zero-order valence-electron chi connectivity index (χ0n) is 8.75. The molecule has 1 heterocycles. The quantitative estimate of drug-likeness (QED) is 0.692. The molecule has 0 amide bonds. The van der Waals surface area contributed by atoms with E-state index in [-0.39, 0.29) is 11.4 Å². The van der Waals surface area contributed by atoms with Crippen LogP contribution in [0.25, 0.3) is 0 Å². The van der Waals surface area contributed by atoms with Crippen LogP contribution >= 0.6 is 0 Å². The molecule has 0 aromatic carbocycles. The molecule has 0 saturated heterocycles. The van der Waals surface area contributed by atoms with Crippen LogP contribution in [0.4, 0.5) is 5.69 Å². The highest BCUT2D eigenvalue weighted by Crippen LogP contribution is 2.18. The molecule has 1 aromatic rings. The number of carbonyl (C=O) groups excluding carboxylic acids is 1. The molecule has 2 N–H and O–H groups in total. The molecule has 0 fully saturated rings. The molecule has 0 unspecified atom stereocenters. The van der Waals surface area contributed by atoms with E-state index in [0.717, 1.165) is 0 Å². The summed E-state index contributed by atoms with van der Waals surface area (Å²) in [6, 6.07) is 0. The van der Waals surface area contributed by atoms with Crippen molar-refractivity contribution >= 4 is 11.7 Å². The fourth-order valence-electron chi connectivity index (χ4n) is 0.853. The maximum Gasteiger partial charge on any atom is 0.363 e. The van der Waals surface area contributed by atoms with Crippen molar-refractivity contribution in [2.45, 2.75) is 33.3 Å². The second-order valence-electron chi connectivity index (χ2n) is 4.00. The molecule has 0 bridgehead atoms. The number of nitrogens with two attached hydrogens (primary N) is 1. The number of esters is 1. The number of nitrogens with zero attached hydrogens (tertiary/aromatic N) is 1. The van der Waals surface area contributed by atoms with Gasteiger partial charge >= 0.3 is 5.97 Å². The Bertz CT molecular complexity index is 349. The summed E-state index contributed by atoms with van der Waals surface area (Å²) in [4.78, 5) is 11.5. The zero-order valence-corrected chi connectivity index (χ0v) is 8.75. The Labute approximate surface area is 82.2 Å². The molecule has 0 spiro atoms. The molecule has 0 aliphatic heterocycles. The van der Waals surface area contributed by atoms with Gasteiger partial charge < -0.3 is 15.0 Å². The number of hydrogen-bond acceptors (Lipinski definition) is 5. The Balaban J connectivity index is 2.86. The second-order valence-corrected chi connectivity index (χ2v) is 4.00. The van der Waals surface area contributed by atoms with E-state index >= 15 is 0 Å². The van der Waals surface area contributed by atoms with Gasteiger partial charge in [0.2, 0.25) is 5.69 Å². The smallest absolute Gasteiger partial charge is 0.363 e. The number of aromatic nitrogens is 1. The zero-order chi connectivity index (χ0) is 10.9. The summed E-state index contributed by atoms with van der Waals surface area (Å²) in [6.07, 6.45) is 0. The lowest BCUT2D eigenvalue weighted by molar-refractivity contribution is 0.00600. The van der Waals surface area contributed by atoms with Crippen LogP contribution in [0.3, 0.4) is 0 Å². The molecule has 0 radical (unpaired) electrons. The highest BCUT2D eigenvalue weighted by atomic mass is 16.6. The van der Waals surface area contributed by atoms with Crippen molar-refractivity contribution < 1.29 is 14.1 Å². The number of rotatable bonds is 1. The fraction of sp³-hybridized carbons (Fsp3) is 0.556. The lowest BCUT2D eigenvalue weighted by atomic mass is 10.2. The van der Waals surface area contributed by atoms with Gasteiger partial charge in [-0.3, -0.25) is 0 Å². The van der Waals surface area contributed by atoms with E-state index < -0.39 is 11.6 Å². The van der Waals surface area contributed by atoms with Gasteiger partial charge in [-0.2, -0.15) is 0 Å². The first-order valence-corrected chi connectivity index (χ1v) is 4.26. The van der Waals surface area contributed by atoms with Crippen LogP contribution in [-0.2, 0) is 4.74 Å². The van der Waals surface area contributed by atoms with E-state index in [1.807, 2.05) is 0 Å². The van der Waals surface area contributed by atoms with Crippen molar-refractivity contribution in [3.05, 3.63) is 11.5 Å². The third-order valence-corrected chi connectivity index (χ3v) is 1.50. The number of carbonyl (C=O) groups is 1. The van der Waals surface area contributed by atoms with Gasteiger partial charge in [-0.05, 0) is 27.7 Å². The summed E-state index contributed by atoms with van der Waals surface area (Å²) >= 11 is 0. The Morgan fingerprint density at radius 1 is 1.50 bits per heavy atom. The SMILES string of the molecule is Cc1onc(C(=O)OC(C)(C)C)c1N. The molecule has 0 aliphatic carbocycles. The summed E-state index contributed by atoms with van der Waals surface area (Å²) in [5.41, 5.74) is 5.28. The molecular formula is C9H14N2O3. The third kappa shape index (κ3) is 2.25. The van der Waals surface area contributed by atoms with Crippen LogP contribution in [-0.4, -0.2) is 16.7 Å². The fourth-order valence-corrected chi connectivity index (χ4v) is 0.853. The lowest BCUT2D eigenvalue weighted by Gasteiger charge is -2.18. The van der Waals surface area contributed by atoms with Gasteiger partial charge in [0, 0.05) is 0 Å². The van der Waals surface area contributed by atoms with Crippen LogP contribution in [0.1, 0.15) is 37.0 Å². The van der Waals surface area contributed by atoms with E-state index in [4.69, 9.17) is 15.0 Å². The molecule has 0 saturated carbocycles. The van der Waals surface area contributed by atoms with Crippen molar-refractivity contribution in [1.29, 1.82) is 0 Å². The van der Waals surface area contributed by atoms with E-state index in [1.54, 1.807) is 27.7 Å². The summed E-state index contributed by atoms with van der Waals surface area (Å²) in [5, 5.41) is 3.52. The summed E-state index contributed by atoms with van der Waals surface area (Å²) in [7, 11) is 0. The maximum atomic E-state index is 11.5. The number of nitrogen functional groups attached to an aromatic ring is 1. The third-order valence-electron chi connectivity index (χ3n) is 1.50. The van der Waals surface area contributed by atoms with Crippen LogP contribution in [0.5, 0.6) is 0 Å². The van der Waals surface area contributed by atoms with Crippen molar-refractivity contribution in [3.63, 3.8) is 0 Å². The number of ether oxygens (including phenoxy) is 1. The van der Waals surface area contributed by atoms with Crippen LogP contribution < -0.4 is 5.73 Å². The Morgan fingerprint density at radius 3 is 2.43 bits per heavy atom. The highest BCUT2D eigenvalue weighted by Gasteiger charge is 2.23. The standard InChI is InChI=1S/C9H14N2O3/c1-5-6(10)7(11-14-5)8(12)13-9(2,3)4/h10H2,1-4H3. The number of anilines is 1. The maximum absolute atomic E-state index is 11.5. The van der Waals surface area contributed by atoms with Gasteiger partial charge in [0.05, 0.1) is 0 Å². The molecule has 0 atom stereocenters. The van der Waals surface area contributed by atoms with Gasteiger partial charge in [-0.25, -0.2) is 4.79 Å². The molecule has 0 aliphatic rings. The number of hydrogen-bond donors (Lipinski definition) is 1. The van der Waals surface area contributed by atoms with E-state index in [9.17, 15) is 4.79 Å². The second kappa shape index (κ2) is 3.32. The molecule has 5 nitrogen and oxygen atoms in total. The van der Waals surface area contributed by atoms with Gasteiger partial charge in [0.15, 0.2) is 5.76 Å². The van der Waals surface area contributed by atoms with Crippen LogP contribution in [0.2, 0.25) is 0 Å². The number of aryl methyl sites for hydroxylation is 1. The largest absolute Gasteiger partial charge is 0.455 e. The molecule has 14 heavy (non-hydrogen) atoms. The van der Waals surface area contributed by atoms with Crippen LogP contribution in [0.15, 0.2) is 4.52 Å². The minimum Gasteiger partial charge on any atom is -0.455 e. The average molecular weight is 198 g/mol. The van der Waals surface area contributed by atoms with E-state index in [1.165, 1.54) is 0 Å². The van der Waals surface area contributed by atoms with Crippen LogP contribution in [0, 0.1) is 6.92 Å². The highest BCUT2D eigenvalue weighted by molar-refractivity contribution is 5.93. The minimum atomic E-state index is -0.563. The van der Waals surface area contributed by atoms with Gasteiger partial charge in [0.1, 0.15) is 11.3 Å². The first-order chi connectivity index (χ1) is 6.31. The first-order valence-electron chi connectivity index (χ1n) is 4.26. The summed E-state index contributed by atoms with van der Waals surface area (Å²) in [5.74, 6) is -0.141. The monoisotopic (exact) mass is 198 g/mol. The first kappa shape index (κ1) is 10.6. The van der Waals surface area contributed by atoms with Crippen molar-refractivity contribution in [2.24, 2.45) is 0 Å². The minimum absolute atomic E-state index is 0.0393. The molecule has 5 heteroatoms. The topological polar surface area (TPSA) is 78.3 Å². The van der Waals surface area contributed by atoms with Gasteiger partial charge in [-0.1, -0.05) is 5.16 Å². The Kier molecular flexibility index (Phi) is 2.51. The normalized spacial score (nSPS) is 11.4.